The van der Waals surface area contributed by atoms with Gasteiger partial charge in [-0.05, 0) is 54.5 Å². The number of aryl methyl sites for hydroxylation is 1. The Hall–Kier alpha value is -3.40. The van der Waals surface area contributed by atoms with E-state index in [1.807, 2.05) is 25.3 Å². The Labute approximate surface area is 191 Å². The molecule has 0 spiro atoms. The van der Waals surface area contributed by atoms with E-state index in [9.17, 15) is 13.2 Å². The molecule has 0 radical (unpaired) electrons. The molecule has 10 heteroatoms. The summed E-state index contributed by atoms with van der Waals surface area (Å²) >= 11 is 0. The van der Waals surface area contributed by atoms with Gasteiger partial charge in [-0.3, -0.25) is 9.48 Å². The predicted molar refractivity (Wildman–Crippen MR) is 119 cm³/mol. The zero-order valence-electron chi connectivity index (χ0n) is 18.3. The monoisotopic (exact) mass is 468 g/mol. The van der Waals surface area contributed by atoms with Gasteiger partial charge in [0.15, 0.2) is 4.90 Å². The zero-order valence-corrected chi connectivity index (χ0v) is 19.1. The molecule has 1 aromatic carbocycles. The summed E-state index contributed by atoms with van der Waals surface area (Å²) in [5.74, 6) is -0.132. The number of amides is 1. The first-order valence-electron chi connectivity index (χ1n) is 10.8. The fourth-order valence-electron chi connectivity index (χ4n) is 4.40. The summed E-state index contributed by atoms with van der Waals surface area (Å²) in [6.07, 6.45) is 5.86. The van der Waals surface area contributed by atoms with Crippen molar-refractivity contribution in [3.8, 4) is 11.5 Å². The van der Waals surface area contributed by atoms with Gasteiger partial charge in [-0.15, -0.1) is 0 Å². The van der Waals surface area contributed by atoms with Crippen LogP contribution in [0.4, 0.5) is 0 Å². The van der Waals surface area contributed by atoms with Crippen molar-refractivity contribution >= 4 is 15.9 Å². The summed E-state index contributed by atoms with van der Waals surface area (Å²) in [6.45, 7) is 2.44. The number of benzene rings is 1. The third-order valence-electron chi connectivity index (χ3n) is 6.17. The predicted octanol–water partition coefficient (Wildman–Crippen LogP) is 2.65. The summed E-state index contributed by atoms with van der Waals surface area (Å²) in [6, 6.07) is 8.57. The number of nitrogens with one attached hydrogen (secondary N) is 1. The quantitative estimate of drug-likeness (QED) is 0.567. The molecule has 9 nitrogen and oxygen atoms in total. The largest absolute Gasteiger partial charge is 0.495 e. The van der Waals surface area contributed by atoms with Crippen molar-refractivity contribution in [1.29, 1.82) is 0 Å². The Morgan fingerprint density at radius 3 is 2.79 bits per heavy atom. The highest BCUT2D eigenvalue weighted by Gasteiger charge is 2.43. The van der Waals surface area contributed by atoms with Crippen LogP contribution < -0.4 is 14.2 Å². The first-order chi connectivity index (χ1) is 15.9. The van der Waals surface area contributed by atoms with Crippen LogP contribution in [0.3, 0.4) is 0 Å². The Balaban J connectivity index is 1.44. The molecule has 1 fully saturated rings. The van der Waals surface area contributed by atoms with Crippen molar-refractivity contribution in [1.82, 2.24) is 19.5 Å². The average Bonchev–Trinajstić information content (AvgIpc) is 3.30. The third kappa shape index (κ3) is 3.84. The molecule has 3 aliphatic rings. The second-order valence-corrected chi connectivity index (χ2v) is 9.84. The first-order valence-corrected chi connectivity index (χ1v) is 12.3. The number of methoxy groups -OCH3 is 1. The van der Waals surface area contributed by atoms with E-state index < -0.39 is 15.9 Å². The van der Waals surface area contributed by atoms with Crippen LogP contribution >= 0.6 is 0 Å². The molecule has 0 saturated heterocycles. The fraction of sp³-hybridized carbons (Fsp3) is 0.348. The van der Waals surface area contributed by atoms with Crippen LogP contribution in [0.25, 0.3) is 0 Å². The maximum absolute atomic E-state index is 13.3. The van der Waals surface area contributed by atoms with Crippen LogP contribution in [-0.4, -0.2) is 42.3 Å². The Morgan fingerprint density at radius 2 is 2.09 bits per heavy atom. The molecule has 2 bridgehead atoms. The van der Waals surface area contributed by atoms with E-state index >= 15 is 0 Å². The van der Waals surface area contributed by atoms with E-state index in [2.05, 4.69) is 14.8 Å². The van der Waals surface area contributed by atoms with Crippen LogP contribution in [0.5, 0.6) is 11.5 Å². The number of aromatic nitrogens is 3. The van der Waals surface area contributed by atoms with E-state index in [1.54, 1.807) is 23.0 Å². The Kier molecular flexibility index (Phi) is 5.32. The molecule has 33 heavy (non-hydrogen) atoms. The number of sulfonamides is 1. The molecule has 3 aromatic rings. The molecule has 172 valence electrons. The Bertz CT molecular complexity index is 1310. The summed E-state index contributed by atoms with van der Waals surface area (Å²) in [5, 5.41) is 4.19. The third-order valence-corrected chi connectivity index (χ3v) is 7.55. The van der Waals surface area contributed by atoms with Crippen LogP contribution in [0, 0.1) is 0 Å². The number of pyridine rings is 1. The van der Waals surface area contributed by atoms with Gasteiger partial charge in [0.2, 0.25) is 0 Å². The molecule has 2 aliphatic heterocycles. The molecular formula is C23H24N4O5S. The van der Waals surface area contributed by atoms with Crippen LogP contribution in [-0.2, 0) is 23.0 Å². The highest BCUT2D eigenvalue weighted by molar-refractivity contribution is 7.90. The van der Waals surface area contributed by atoms with Crippen molar-refractivity contribution in [2.24, 2.45) is 0 Å². The lowest BCUT2D eigenvalue weighted by atomic mass is 9.75. The lowest BCUT2D eigenvalue weighted by Gasteiger charge is -2.43. The minimum atomic E-state index is -4.27. The summed E-state index contributed by atoms with van der Waals surface area (Å²) in [4.78, 5) is 17.2. The molecule has 0 unspecified atom stereocenters. The molecule has 1 N–H and O–H groups in total. The van der Waals surface area contributed by atoms with Crippen molar-refractivity contribution in [2.75, 3.05) is 7.11 Å². The number of hydrogen-bond donors (Lipinski definition) is 1. The average molecular weight is 469 g/mol. The van der Waals surface area contributed by atoms with Gasteiger partial charge >= 0.3 is 0 Å². The van der Waals surface area contributed by atoms with Crippen LogP contribution in [0.2, 0.25) is 0 Å². The maximum atomic E-state index is 13.3. The smallest absolute Gasteiger partial charge is 0.283 e. The van der Waals surface area contributed by atoms with Gasteiger partial charge in [0.25, 0.3) is 15.9 Å². The minimum Gasteiger partial charge on any atom is -0.495 e. The number of nitrogens with zero attached hydrogens (tertiary/aromatic N) is 3. The van der Waals surface area contributed by atoms with Gasteiger partial charge in [0.05, 0.1) is 19.8 Å². The van der Waals surface area contributed by atoms with E-state index in [0.717, 1.165) is 24.0 Å². The second-order valence-electron chi connectivity index (χ2n) is 8.22. The van der Waals surface area contributed by atoms with Gasteiger partial charge in [-0.2, -0.15) is 5.10 Å². The molecule has 6 rings (SSSR count). The number of ether oxygens (including phenoxy) is 2. The SMILES string of the molecule is CCc1nc(C(=O)NS(=O)(=O)c2c(OC)ccc3c2OC2CC3C2)ccc1Cn1cccn1. The molecule has 0 atom stereocenters. The molecular weight excluding hydrogens is 444 g/mol. The van der Waals surface area contributed by atoms with E-state index in [-0.39, 0.29) is 34.1 Å². The standard InChI is InChI=1S/C23H24N4O5S/c1-3-18-14(13-27-10-4-9-24-27)5-7-19(25-18)23(28)26-33(29,30)22-20(31-2)8-6-17-15-11-16(12-15)32-21(17)22/h4-10,15-16H,3,11-13H2,1-2H3,(H,26,28). The van der Waals surface area contributed by atoms with E-state index in [1.165, 1.54) is 13.2 Å². The molecule has 1 aliphatic carbocycles. The highest BCUT2D eigenvalue weighted by Crippen LogP contribution is 2.52. The lowest BCUT2D eigenvalue weighted by Crippen LogP contribution is -2.39. The van der Waals surface area contributed by atoms with Gasteiger partial charge in [0.1, 0.15) is 17.2 Å². The van der Waals surface area contributed by atoms with Crippen molar-refractivity contribution < 1.29 is 22.7 Å². The topological polar surface area (TPSA) is 112 Å². The van der Waals surface area contributed by atoms with Gasteiger partial charge < -0.3 is 9.47 Å². The fourth-order valence-corrected chi connectivity index (χ4v) is 5.68. The lowest BCUT2D eigenvalue weighted by molar-refractivity contribution is 0.0648. The second kappa shape index (κ2) is 8.18. The van der Waals surface area contributed by atoms with Crippen molar-refractivity contribution in [3.05, 3.63) is 65.2 Å². The van der Waals surface area contributed by atoms with Gasteiger partial charge in [0, 0.05) is 18.1 Å². The van der Waals surface area contributed by atoms with Gasteiger partial charge in [-0.25, -0.2) is 18.1 Å². The minimum absolute atomic E-state index is 0.00429. The maximum Gasteiger partial charge on any atom is 0.283 e. The van der Waals surface area contributed by atoms with Crippen LogP contribution in [0.15, 0.2) is 47.6 Å². The molecule has 2 aromatic heterocycles. The van der Waals surface area contributed by atoms with Gasteiger partial charge in [-0.1, -0.05) is 19.1 Å². The summed E-state index contributed by atoms with van der Waals surface area (Å²) in [7, 11) is -2.88. The number of rotatable bonds is 7. The Morgan fingerprint density at radius 1 is 1.27 bits per heavy atom. The summed E-state index contributed by atoms with van der Waals surface area (Å²) in [5.41, 5.74) is 2.47. The first kappa shape index (κ1) is 21.4. The normalized spacial score (nSPS) is 18.6. The molecule has 1 saturated carbocycles. The highest BCUT2D eigenvalue weighted by atomic mass is 32.2. The van der Waals surface area contributed by atoms with E-state index in [0.29, 0.717) is 18.7 Å². The molecule has 1 amide bonds. The van der Waals surface area contributed by atoms with E-state index in [4.69, 9.17) is 9.47 Å². The van der Waals surface area contributed by atoms with Crippen molar-refractivity contribution in [3.63, 3.8) is 0 Å². The number of carbonyl (C=O) groups excluding carboxylic acids is 1. The van der Waals surface area contributed by atoms with Crippen LogP contribution in [0.1, 0.15) is 53.0 Å². The molecule has 4 heterocycles. The number of carbonyl (C=O) groups is 1. The number of hydrogen-bond acceptors (Lipinski definition) is 7. The summed E-state index contributed by atoms with van der Waals surface area (Å²) < 4.78 is 41.7. The zero-order chi connectivity index (χ0) is 23.2. The van der Waals surface area contributed by atoms with Crippen molar-refractivity contribution in [2.45, 2.75) is 49.6 Å².